The Hall–Kier alpha value is -2.13. The molecule has 0 aromatic carbocycles. The van der Waals surface area contributed by atoms with E-state index in [2.05, 4.69) is 9.88 Å². The lowest BCUT2D eigenvalue weighted by Gasteiger charge is -2.36. The monoisotopic (exact) mass is 380 g/mol. The fraction of sp³-hybridized carbons (Fsp3) is 0.722. The van der Waals surface area contributed by atoms with Crippen molar-refractivity contribution in [2.45, 2.75) is 51.5 Å². The molecule has 0 spiro atoms. The number of carbonyl (C=O) groups is 1. The summed E-state index contributed by atoms with van der Waals surface area (Å²) in [7, 11) is 0. The second kappa shape index (κ2) is 7.85. The third kappa shape index (κ3) is 5.20. The van der Waals surface area contributed by atoms with Crippen molar-refractivity contribution in [3.63, 3.8) is 0 Å². The molecule has 27 heavy (non-hydrogen) atoms. The van der Waals surface area contributed by atoms with Crippen LogP contribution in [-0.2, 0) is 9.47 Å². The van der Waals surface area contributed by atoms with Crippen LogP contribution in [0.3, 0.4) is 0 Å². The van der Waals surface area contributed by atoms with Crippen molar-refractivity contribution in [2.24, 2.45) is 0 Å². The third-order valence-corrected chi connectivity index (χ3v) is 4.73. The van der Waals surface area contributed by atoms with E-state index < -0.39 is 16.9 Å². The van der Waals surface area contributed by atoms with Crippen LogP contribution in [0.1, 0.15) is 39.8 Å². The van der Waals surface area contributed by atoms with Gasteiger partial charge in [-0.25, -0.2) is 9.59 Å². The fourth-order valence-electron chi connectivity index (χ4n) is 3.41. The molecule has 2 aliphatic heterocycles. The summed E-state index contributed by atoms with van der Waals surface area (Å²) >= 11 is 0. The molecule has 3 rings (SSSR count). The molecule has 150 valence electrons. The zero-order valence-corrected chi connectivity index (χ0v) is 16.1. The molecule has 2 saturated heterocycles. The van der Waals surface area contributed by atoms with E-state index in [0.29, 0.717) is 13.1 Å². The van der Waals surface area contributed by atoms with Crippen molar-refractivity contribution in [2.75, 3.05) is 32.7 Å². The van der Waals surface area contributed by atoms with E-state index in [1.54, 1.807) is 4.90 Å². The number of hydrogen-bond donors (Lipinski definition) is 1. The summed E-state index contributed by atoms with van der Waals surface area (Å²) in [5, 5.41) is 0. The Balaban J connectivity index is 1.47. The van der Waals surface area contributed by atoms with Gasteiger partial charge in [-0.1, -0.05) is 0 Å². The highest BCUT2D eigenvalue weighted by Crippen LogP contribution is 2.27. The molecule has 0 saturated carbocycles. The summed E-state index contributed by atoms with van der Waals surface area (Å²) in [4.78, 5) is 41.5. The zero-order valence-electron chi connectivity index (χ0n) is 16.1. The van der Waals surface area contributed by atoms with Crippen LogP contribution in [-0.4, -0.2) is 69.9 Å². The van der Waals surface area contributed by atoms with Crippen LogP contribution < -0.4 is 11.2 Å². The molecule has 2 atom stereocenters. The van der Waals surface area contributed by atoms with Crippen LogP contribution in [0.5, 0.6) is 0 Å². The Bertz CT molecular complexity index is 773. The van der Waals surface area contributed by atoms with Gasteiger partial charge in [0.05, 0.1) is 6.10 Å². The van der Waals surface area contributed by atoms with Crippen LogP contribution in [0.25, 0.3) is 0 Å². The number of aromatic nitrogens is 2. The van der Waals surface area contributed by atoms with Gasteiger partial charge >= 0.3 is 11.8 Å². The Morgan fingerprint density at radius 1 is 1.22 bits per heavy atom. The van der Waals surface area contributed by atoms with Gasteiger partial charge in [-0.15, -0.1) is 0 Å². The number of aromatic amines is 1. The number of piperazine rings is 1. The molecule has 0 aliphatic carbocycles. The van der Waals surface area contributed by atoms with Crippen LogP contribution >= 0.6 is 0 Å². The minimum absolute atomic E-state index is 0.0295. The topological polar surface area (TPSA) is 96.9 Å². The average Bonchev–Trinajstić information content (AvgIpc) is 3.02. The van der Waals surface area contributed by atoms with E-state index in [9.17, 15) is 14.4 Å². The minimum Gasteiger partial charge on any atom is -0.444 e. The molecular formula is C18H28N4O5. The number of amides is 1. The van der Waals surface area contributed by atoms with Crippen LogP contribution in [0, 0.1) is 0 Å². The van der Waals surface area contributed by atoms with Crippen molar-refractivity contribution in [1.82, 2.24) is 19.4 Å². The quantitative estimate of drug-likeness (QED) is 0.832. The molecule has 1 aromatic rings. The summed E-state index contributed by atoms with van der Waals surface area (Å²) < 4.78 is 12.9. The highest BCUT2D eigenvalue weighted by molar-refractivity contribution is 5.68. The highest BCUT2D eigenvalue weighted by atomic mass is 16.6. The van der Waals surface area contributed by atoms with Crippen molar-refractivity contribution in [1.29, 1.82) is 0 Å². The molecule has 0 unspecified atom stereocenters. The van der Waals surface area contributed by atoms with Gasteiger partial charge in [0.15, 0.2) is 0 Å². The maximum absolute atomic E-state index is 12.1. The molecule has 9 heteroatoms. The first-order valence-corrected chi connectivity index (χ1v) is 9.38. The van der Waals surface area contributed by atoms with Gasteiger partial charge in [0.2, 0.25) is 0 Å². The van der Waals surface area contributed by atoms with Gasteiger partial charge in [-0.3, -0.25) is 19.2 Å². The predicted molar refractivity (Wildman–Crippen MR) is 98.7 cm³/mol. The van der Waals surface area contributed by atoms with Crippen molar-refractivity contribution >= 4 is 6.09 Å². The van der Waals surface area contributed by atoms with E-state index in [0.717, 1.165) is 32.5 Å². The second-order valence-corrected chi connectivity index (χ2v) is 8.08. The van der Waals surface area contributed by atoms with Gasteiger partial charge < -0.3 is 14.4 Å². The second-order valence-electron chi connectivity index (χ2n) is 8.08. The van der Waals surface area contributed by atoms with E-state index >= 15 is 0 Å². The van der Waals surface area contributed by atoms with E-state index in [1.807, 2.05) is 20.8 Å². The smallest absolute Gasteiger partial charge is 0.410 e. The summed E-state index contributed by atoms with van der Waals surface area (Å²) in [6, 6.07) is 1.33. The minimum atomic E-state index is -0.485. The molecule has 3 heterocycles. The summed E-state index contributed by atoms with van der Waals surface area (Å²) in [6.45, 7) is 9.14. The Morgan fingerprint density at radius 2 is 1.93 bits per heavy atom. The zero-order chi connectivity index (χ0) is 19.6. The van der Waals surface area contributed by atoms with Gasteiger partial charge in [-0.05, 0) is 33.6 Å². The molecule has 1 aromatic heterocycles. The fourth-order valence-corrected chi connectivity index (χ4v) is 3.41. The standard InChI is InChI=1S/C18H28N4O5/c1-18(2,3)27-17(25)21-10-8-20(9-11-21)12-13-4-5-15(26-13)22-7-6-14(23)19-16(22)24/h6-7,13,15H,4-5,8-12H2,1-3H3,(H,19,23,24)/t13-,15+/m0/s1. The van der Waals surface area contributed by atoms with Crippen LogP contribution in [0.15, 0.2) is 21.9 Å². The van der Waals surface area contributed by atoms with Gasteiger partial charge in [0.1, 0.15) is 11.8 Å². The van der Waals surface area contributed by atoms with Crippen LogP contribution in [0.4, 0.5) is 4.79 Å². The third-order valence-electron chi connectivity index (χ3n) is 4.73. The molecule has 0 bridgehead atoms. The molecule has 1 N–H and O–H groups in total. The maximum atomic E-state index is 12.1. The SMILES string of the molecule is CC(C)(C)OC(=O)N1CCN(C[C@@H]2CC[C@H](n3ccc(=O)[nH]c3=O)O2)CC1. The summed E-state index contributed by atoms with van der Waals surface area (Å²) in [5.41, 5.74) is -1.34. The molecule has 0 radical (unpaired) electrons. The van der Waals surface area contributed by atoms with Gasteiger partial charge in [0.25, 0.3) is 5.56 Å². The number of nitrogens with one attached hydrogen (secondary N) is 1. The highest BCUT2D eigenvalue weighted by Gasteiger charge is 2.31. The van der Waals surface area contributed by atoms with Gasteiger partial charge in [-0.2, -0.15) is 0 Å². The average molecular weight is 380 g/mol. The number of nitrogens with zero attached hydrogens (tertiary/aromatic N) is 3. The van der Waals surface area contributed by atoms with Crippen LogP contribution in [0.2, 0.25) is 0 Å². The van der Waals surface area contributed by atoms with Crippen molar-refractivity contribution in [3.05, 3.63) is 33.1 Å². The van der Waals surface area contributed by atoms with E-state index in [-0.39, 0.29) is 18.4 Å². The molecule has 9 nitrogen and oxygen atoms in total. The normalized spacial score (nSPS) is 24.2. The Morgan fingerprint density at radius 3 is 2.56 bits per heavy atom. The maximum Gasteiger partial charge on any atom is 0.410 e. The number of rotatable bonds is 3. The number of hydrogen-bond acceptors (Lipinski definition) is 6. The Kier molecular flexibility index (Phi) is 5.71. The molecule has 2 fully saturated rings. The molecule has 1 amide bonds. The number of ether oxygens (including phenoxy) is 2. The summed E-state index contributed by atoms with van der Waals surface area (Å²) in [5.74, 6) is 0. The molecular weight excluding hydrogens is 352 g/mol. The first-order chi connectivity index (χ1) is 12.7. The summed E-state index contributed by atoms with van der Waals surface area (Å²) in [6.07, 6.45) is 2.48. The lowest BCUT2D eigenvalue weighted by Crippen LogP contribution is -2.51. The van der Waals surface area contributed by atoms with Crippen molar-refractivity contribution < 1.29 is 14.3 Å². The molecule has 2 aliphatic rings. The van der Waals surface area contributed by atoms with E-state index in [4.69, 9.17) is 9.47 Å². The Labute approximate surface area is 157 Å². The predicted octanol–water partition coefficient (Wildman–Crippen LogP) is 0.767. The van der Waals surface area contributed by atoms with Gasteiger partial charge in [0, 0.05) is 45.0 Å². The first-order valence-electron chi connectivity index (χ1n) is 9.38. The number of H-pyrrole nitrogens is 1. The number of carbonyl (C=O) groups excluding carboxylic acids is 1. The lowest BCUT2D eigenvalue weighted by molar-refractivity contribution is -0.0244. The van der Waals surface area contributed by atoms with Crippen molar-refractivity contribution in [3.8, 4) is 0 Å². The van der Waals surface area contributed by atoms with E-state index in [1.165, 1.54) is 16.8 Å². The lowest BCUT2D eigenvalue weighted by atomic mass is 10.2. The first kappa shape index (κ1) is 19.6. The largest absolute Gasteiger partial charge is 0.444 e.